The third-order valence-corrected chi connectivity index (χ3v) is 3.49. The van der Waals surface area contributed by atoms with E-state index >= 15 is 0 Å². The molecule has 3 rings (SSSR count). The Morgan fingerprint density at radius 2 is 2.42 bits per heavy atom. The molecule has 2 aliphatic rings. The highest BCUT2D eigenvalue weighted by Gasteiger charge is 2.36. The van der Waals surface area contributed by atoms with Crippen LogP contribution in [0.4, 0.5) is 5.13 Å². The molecule has 0 saturated carbocycles. The van der Waals surface area contributed by atoms with E-state index in [1.165, 1.54) is 11.3 Å². The molecular formula is C8H10N2OS. The van der Waals surface area contributed by atoms with Gasteiger partial charge in [-0.05, 0) is 12.8 Å². The lowest BCUT2D eigenvalue weighted by atomic mass is 10.2. The first kappa shape index (κ1) is 6.86. The van der Waals surface area contributed by atoms with Gasteiger partial charge in [0.25, 0.3) is 0 Å². The van der Waals surface area contributed by atoms with E-state index in [9.17, 15) is 0 Å². The van der Waals surface area contributed by atoms with Crippen LogP contribution in [0, 0.1) is 0 Å². The molecule has 1 saturated heterocycles. The first-order chi connectivity index (χ1) is 5.83. The highest BCUT2D eigenvalue weighted by Crippen LogP contribution is 2.43. The molecule has 12 heavy (non-hydrogen) atoms. The molecule has 2 atom stereocenters. The van der Waals surface area contributed by atoms with Crippen molar-refractivity contribution in [2.45, 2.75) is 31.5 Å². The molecule has 1 aromatic heterocycles. The van der Waals surface area contributed by atoms with E-state index in [0.717, 1.165) is 18.5 Å². The van der Waals surface area contributed by atoms with Crippen LogP contribution < -0.4 is 5.73 Å². The second kappa shape index (κ2) is 2.20. The minimum Gasteiger partial charge on any atom is -0.375 e. The van der Waals surface area contributed by atoms with Crippen LogP contribution in [-0.4, -0.2) is 11.1 Å². The van der Waals surface area contributed by atoms with Crippen LogP contribution in [0.5, 0.6) is 0 Å². The summed E-state index contributed by atoms with van der Waals surface area (Å²) in [5.74, 6) is 0. The standard InChI is InChI=1S/C8H10N2OS/c9-8-10-7-5-2-1-4(11-5)3-6(7)12-8/h4-5H,1-3H2,(H2,9,10). The Bertz CT molecular complexity index is 323. The second-order valence-corrected chi connectivity index (χ2v) is 4.50. The van der Waals surface area contributed by atoms with Gasteiger partial charge in [0.15, 0.2) is 5.13 Å². The van der Waals surface area contributed by atoms with Crippen molar-refractivity contribution >= 4 is 16.5 Å². The van der Waals surface area contributed by atoms with Gasteiger partial charge in [0.1, 0.15) is 6.10 Å². The molecule has 2 N–H and O–H groups in total. The van der Waals surface area contributed by atoms with Gasteiger partial charge in [-0.1, -0.05) is 0 Å². The maximum Gasteiger partial charge on any atom is 0.180 e. The Hall–Kier alpha value is -0.610. The first-order valence-electron chi connectivity index (χ1n) is 4.23. The van der Waals surface area contributed by atoms with Gasteiger partial charge >= 0.3 is 0 Å². The second-order valence-electron chi connectivity index (χ2n) is 3.39. The van der Waals surface area contributed by atoms with Crippen LogP contribution in [0.3, 0.4) is 0 Å². The molecule has 2 bridgehead atoms. The lowest BCUT2D eigenvalue weighted by molar-refractivity contribution is 0.0311. The van der Waals surface area contributed by atoms with E-state index in [-0.39, 0.29) is 6.10 Å². The van der Waals surface area contributed by atoms with Gasteiger partial charge < -0.3 is 10.5 Å². The van der Waals surface area contributed by atoms with E-state index in [0.29, 0.717) is 11.2 Å². The van der Waals surface area contributed by atoms with Crippen LogP contribution in [-0.2, 0) is 11.2 Å². The lowest BCUT2D eigenvalue weighted by Crippen LogP contribution is -2.16. The predicted molar refractivity (Wildman–Crippen MR) is 47.1 cm³/mol. The summed E-state index contributed by atoms with van der Waals surface area (Å²) in [5, 5.41) is 0.691. The number of rotatable bonds is 0. The van der Waals surface area contributed by atoms with Crippen LogP contribution in [0.25, 0.3) is 0 Å². The summed E-state index contributed by atoms with van der Waals surface area (Å²) in [6, 6.07) is 0. The number of hydrogen-bond donors (Lipinski definition) is 1. The van der Waals surface area contributed by atoms with Crippen molar-refractivity contribution in [3.05, 3.63) is 10.6 Å². The number of thiazole rings is 1. The highest BCUT2D eigenvalue weighted by atomic mass is 32.1. The quantitative estimate of drug-likeness (QED) is 0.661. The van der Waals surface area contributed by atoms with Crippen molar-refractivity contribution in [2.24, 2.45) is 0 Å². The molecule has 3 heterocycles. The number of nitrogens with two attached hydrogens (primary N) is 1. The maximum absolute atomic E-state index is 5.73. The molecule has 2 unspecified atom stereocenters. The zero-order valence-corrected chi connectivity index (χ0v) is 7.43. The molecule has 4 heteroatoms. The Kier molecular flexibility index (Phi) is 1.26. The van der Waals surface area contributed by atoms with Crippen molar-refractivity contribution in [1.29, 1.82) is 0 Å². The van der Waals surface area contributed by atoms with Crippen molar-refractivity contribution < 1.29 is 4.74 Å². The minimum atomic E-state index is 0.257. The van der Waals surface area contributed by atoms with E-state index in [1.807, 2.05) is 0 Å². The molecule has 64 valence electrons. The van der Waals surface area contributed by atoms with Gasteiger partial charge in [-0.15, -0.1) is 11.3 Å². The van der Waals surface area contributed by atoms with Gasteiger partial charge in [0.2, 0.25) is 0 Å². The third kappa shape index (κ3) is 0.820. The predicted octanol–water partition coefficient (Wildman–Crippen LogP) is 1.50. The molecule has 3 nitrogen and oxygen atoms in total. The molecular weight excluding hydrogens is 172 g/mol. The van der Waals surface area contributed by atoms with E-state index < -0.39 is 0 Å². The largest absolute Gasteiger partial charge is 0.375 e. The van der Waals surface area contributed by atoms with Crippen molar-refractivity contribution in [2.75, 3.05) is 5.73 Å². The number of ether oxygens (including phenoxy) is 1. The average Bonchev–Trinajstić information content (AvgIpc) is 2.57. The van der Waals surface area contributed by atoms with Gasteiger partial charge in [-0.3, -0.25) is 0 Å². The number of aromatic nitrogens is 1. The molecule has 0 aliphatic carbocycles. The smallest absolute Gasteiger partial charge is 0.180 e. The molecule has 1 aromatic rings. The van der Waals surface area contributed by atoms with Crippen LogP contribution in [0.1, 0.15) is 29.5 Å². The summed E-state index contributed by atoms with van der Waals surface area (Å²) in [6.45, 7) is 0. The summed E-state index contributed by atoms with van der Waals surface area (Å²) in [7, 11) is 0. The van der Waals surface area contributed by atoms with Gasteiger partial charge in [0.05, 0.1) is 11.8 Å². The van der Waals surface area contributed by atoms with E-state index in [2.05, 4.69) is 4.98 Å². The Labute approximate surface area is 74.6 Å². The summed E-state index contributed by atoms with van der Waals surface area (Å²) in [6.07, 6.45) is 4.05. The molecule has 0 radical (unpaired) electrons. The lowest BCUT2D eigenvalue weighted by Gasteiger charge is -2.18. The topological polar surface area (TPSA) is 48.1 Å². The Balaban J connectivity index is 2.11. The van der Waals surface area contributed by atoms with Gasteiger partial charge in [-0.25, -0.2) is 4.98 Å². The fourth-order valence-corrected chi connectivity index (χ4v) is 2.99. The zero-order valence-electron chi connectivity index (χ0n) is 6.62. The SMILES string of the molecule is Nc1nc2c(s1)CC1CCC2O1. The van der Waals surface area contributed by atoms with Crippen LogP contribution in [0.15, 0.2) is 0 Å². The highest BCUT2D eigenvalue weighted by molar-refractivity contribution is 7.15. The monoisotopic (exact) mass is 182 g/mol. The number of nitrogens with zero attached hydrogens (tertiary/aromatic N) is 1. The third-order valence-electron chi connectivity index (χ3n) is 2.57. The summed E-state index contributed by atoms with van der Waals surface area (Å²) in [5.41, 5.74) is 6.76. The molecule has 0 aromatic carbocycles. The number of nitrogen functional groups attached to an aromatic ring is 1. The van der Waals surface area contributed by atoms with Gasteiger partial charge in [-0.2, -0.15) is 0 Å². The molecule has 0 spiro atoms. The fourth-order valence-electron chi connectivity index (χ4n) is 2.04. The van der Waals surface area contributed by atoms with Crippen LogP contribution in [0.2, 0.25) is 0 Å². The summed E-state index contributed by atoms with van der Waals surface area (Å²) in [4.78, 5) is 5.65. The first-order valence-corrected chi connectivity index (χ1v) is 5.05. The maximum atomic E-state index is 5.73. The molecule has 0 amide bonds. The minimum absolute atomic E-state index is 0.257. The fraction of sp³-hybridized carbons (Fsp3) is 0.625. The summed E-state index contributed by atoms with van der Waals surface area (Å²) >= 11 is 1.62. The zero-order chi connectivity index (χ0) is 8.13. The molecule has 1 fully saturated rings. The van der Waals surface area contributed by atoms with Gasteiger partial charge in [0, 0.05) is 11.3 Å². The Morgan fingerprint density at radius 1 is 1.50 bits per heavy atom. The number of fused-ring (bicyclic) bond motifs is 4. The molecule has 2 aliphatic heterocycles. The van der Waals surface area contributed by atoms with Crippen molar-refractivity contribution in [3.63, 3.8) is 0 Å². The van der Waals surface area contributed by atoms with Crippen molar-refractivity contribution in [1.82, 2.24) is 4.98 Å². The average molecular weight is 182 g/mol. The summed E-state index contributed by atoms with van der Waals surface area (Å²) < 4.78 is 5.73. The normalized spacial score (nSPS) is 32.0. The van der Waals surface area contributed by atoms with E-state index in [1.54, 1.807) is 11.3 Å². The number of hydrogen-bond acceptors (Lipinski definition) is 4. The Morgan fingerprint density at radius 3 is 3.33 bits per heavy atom. The van der Waals surface area contributed by atoms with E-state index in [4.69, 9.17) is 10.5 Å². The number of anilines is 1. The van der Waals surface area contributed by atoms with Crippen LogP contribution >= 0.6 is 11.3 Å². The van der Waals surface area contributed by atoms with Crippen molar-refractivity contribution in [3.8, 4) is 0 Å².